The number of amides is 3. The van der Waals surface area contributed by atoms with Gasteiger partial charge in [0, 0.05) is 23.9 Å². The number of benzene rings is 1. The van der Waals surface area contributed by atoms with Crippen LogP contribution in [0.5, 0.6) is 11.6 Å². The number of nitrogens with one attached hydrogen (secondary N) is 2. The van der Waals surface area contributed by atoms with Gasteiger partial charge in [-0.1, -0.05) is 33.3 Å². The minimum atomic E-state index is -3.87. The molecule has 0 bridgehead atoms. The van der Waals surface area contributed by atoms with Crippen LogP contribution >= 0.6 is 0 Å². The summed E-state index contributed by atoms with van der Waals surface area (Å²) >= 11 is 0. The second kappa shape index (κ2) is 11.7. The number of nitrogens with two attached hydrogens (primary N) is 1. The lowest BCUT2D eigenvalue weighted by molar-refractivity contribution is -0.142. The van der Waals surface area contributed by atoms with E-state index >= 15 is 0 Å². The van der Waals surface area contributed by atoms with Gasteiger partial charge in [-0.2, -0.15) is 0 Å². The maximum Gasteiger partial charge on any atom is 0.259 e. The second-order valence-corrected chi connectivity index (χ2v) is 15.0. The van der Waals surface area contributed by atoms with E-state index in [0.717, 1.165) is 17.2 Å². The van der Waals surface area contributed by atoms with Crippen molar-refractivity contribution in [3.05, 3.63) is 43.1 Å². The van der Waals surface area contributed by atoms with E-state index in [1.807, 2.05) is 39.0 Å². The lowest BCUT2D eigenvalue weighted by Crippen LogP contribution is -2.59. The average molecular weight is 628 g/mol. The van der Waals surface area contributed by atoms with Crippen LogP contribution in [0.1, 0.15) is 52.9 Å². The molecule has 3 fully saturated rings. The van der Waals surface area contributed by atoms with Crippen LogP contribution in [0.4, 0.5) is 0 Å². The van der Waals surface area contributed by atoms with Crippen LogP contribution in [0, 0.1) is 11.3 Å². The smallest absolute Gasteiger partial charge is 0.259 e. The van der Waals surface area contributed by atoms with Crippen molar-refractivity contribution >= 4 is 38.5 Å². The number of ether oxygens (including phenoxy) is 2. The van der Waals surface area contributed by atoms with E-state index in [1.54, 1.807) is 19.4 Å². The number of hydrogen-bond acceptors (Lipinski definition) is 9. The molecule has 1 saturated heterocycles. The van der Waals surface area contributed by atoms with E-state index in [1.165, 1.54) is 11.0 Å². The molecule has 0 spiro atoms. The number of aromatic nitrogens is 1. The maximum absolute atomic E-state index is 13.9. The van der Waals surface area contributed by atoms with Gasteiger partial charge in [-0.25, -0.2) is 13.4 Å². The van der Waals surface area contributed by atoms with Gasteiger partial charge in [0.25, 0.3) is 5.91 Å². The molecule has 12 nitrogen and oxygen atoms in total. The van der Waals surface area contributed by atoms with Crippen molar-refractivity contribution in [1.82, 2.24) is 19.9 Å². The fourth-order valence-corrected chi connectivity index (χ4v) is 7.31. The van der Waals surface area contributed by atoms with Crippen molar-refractivity contribution in [3.63, 3.8) is 0 Å². The standard InChI is InChI=1S/C31H41N5O7S/c1-6-19-16-31(19,29(39)35-44(40,41)22-8-7-9-22)34-26(37)24-15-21(17-36(24)28(38)25(32)30(2,3)4)43-27-23-11-10-20(42-5)14-18(23)12-13-33-27/h6,10-14,19,21-22,24-25H,1,7-9,15-17,32H2,2-5H3,(H,34,37)(H,35,39)/t19-,21-,24+,25+,31-/m1/s1. The molecular formula is C31H41N5O7S. The van der Waals surface area contributed by atoms with Gasteiger partial charge >= 0.3 is 0 Å². The van der Waals surface area contributed by atoms with Crippen molar-refractivity contribution in [3.8, 4) is 11.6 Å². The molecule has 238 valence electrons. The van der Waals surface area contributed by atoms with Gasteiger partial charge < -0.3 is 25.4 Å². The molecule has 3 aliphatic rings. The summed E-state index contributed by atoms with van der Waals surface area (Å²) in [6.45, 7) is 9.33. The van der Waals surface area contributed by atoms with Crippen molar-refractivity contribution in [2.24, 2.45) is 17.1 Å². The Hall–Kier alpha value is -3.71. The van der Waals surface area contributed by atoms with E-state index in [4.69, 9.17) is 15.2 Å². The van der Waals surface area contributed by atoms with Crippen molar-refractivity contribution in [1.29, 1.82) is 0 Å². The van der Waals surface area contributed by atoms with E-state index in [-0.39, 0.29) is 19.4 Å². The molecule has 1 aliphatic heterocycles. The fraction of sp³-hybridized carbons (Fsp3) is 0.548. The van der Waals surface area contributed by atoms with Gasteiger partial charge in [0.1, 0.15) is 23.4 Å². The summed E-state index contributed by atoms with van der Waals surface area (Å²) in [4.78, 5) is 46.7. The fourth-order valence-electron chi connectivity index (χ4n) is 5.75. The van der Waals surface area contributed by atoms with Gasteiger partial charge in [-0.15, -0.1) is 6.58 Å². The first kappa shape index (κ1) is 31.7. The molecule has 44 heavy (non-hydrogen) atoms. The quantitative estimate of drug-likeness (QED) is 0.334. The third-order valence-electron chi connectivity index (χ3n) is 9.04. The van der Waals surface area contributed by atoms with Crippen LogP contribution in [-0.4, -0.2) is 78.7 Å². The van der Waals surface area contributed by atoms with Gasteiger partial charge in [-0.3, -0.25) is 19.1 Å². The zero-order valence-electron chi connectivity index (χ0n) is 25.5. The summed E-state index contributed by atoms with van der Waals surface area (Å²) in [5.41, 5.74) is 4.28. The number of carbonyl (C=O) groups is 3. The van der Waals surface area contributed by atoms with Crippen LogP contribution in [0.15, 0.2) is 43.1 Å². The molecule has 2 aromatic rings. The molecule has 2 heterocycles. The van der Waals surface area contributed by atoms with Crippen LogP contribution in [0.3, 0.4) is 0 Å². The minimum absolute atomic E-state index is 0.0645. The number of sulfonamides is 1. The second-order valence-electron chi connectivity index (χ2n) is 13.1. The Morgan fingerprint density at radius 1 is 1.23 bits per heavy atom. The Balaban J connectivity index is 1.39. The monoisotopic (exact) mass is 627 g/mol. The number of carbonyl (C=O) groups excluding carboxylic acids is 3. The zero-order chi connectivity index (χ0) is 32.0. The van der Waals surface area contributed by atoms with Crippen LogP contribution in [-0.2, 0) is 24.4 Å². The number of likely N-dealkylation sites (tertiary alicyclic amines) is 1. The molecular weight excluding hydrogens is 586 g/mol. The highest BCUT2D eigenvalue weighted by molar-refractivity contribution is 7.90. The van der Waals surface area contributed by atoms with Crippen LogP contribution in [0.25, 0.3) is 10.8 Å². The first-order valence-corrected chi connectivity index (χ1v) is 16.4. The molecule has 2 saturated carbocycles. The molecule has 1 aromatic heterocycles. The van der Waals surface area contributed by atoms with Crippen molar-refractivity contribution < 1.29 is 32.3 Å². The zero-order valence-corrected chi connectivity index (χ0v) is 26.4. The summed E-state index contributed by atoms with van der Waals surface area (Å²) in [6, 6.07) is 5.38. The molecule has 5 atom stereocenters. The van der Waals surface area contributed by atoms with Crippen LogP contribution < -0.4 is 25.2 Å². The SMILES string of the molecule is C=C[C@@H]1C[C@]1(NC(=O)[C@@H]1C[C@@H](Oc2nccc3cc(OC)ccc23)CN1C(=O)[C@H](N)C(C)(C)C)C(=O)NS(=O)(=O)C1CCC1. The first-order chi connectivity index (χ1) is 20.7. The van der Waals surface area contributed by atoms with Crippen molar-refractivity contribution in [2.75, 3.05) is 13.7 Å². The number of pyridine rings is 1. The highest BCUT2D eigenvalue weighted by atomic mass is 32.2. The lowest BCUT2D eigenvalue weighted by Gasteiger charge is -2.33. The molecule has 13 heteroatoms. The predicted octanol–water partition coefficient (Wildman–Crippen LogP) is 2.02. The average Bonchev–Trinajstić information content (AvgIpc) is 3.49. The Kier molecular flexibility index (Phi) is 8.40. The van der Waals surface area contributed by atoms with Gasteiger partial charge in [-0.05, 0) is 54.3 Å². The Bertz CT molecular complexity index is 1590. The molecule has 0 unspecified atom stereocenters. The highest BCUT2D eigenvalue weighted by Gasteiger charge is 2.61. The Morgan fingerprint density at radius 2 is 1.95 bits per heavy atom. The molecule has 2 aliphatic carbocycles. The van der Waals surface area contributed by atoms with E-state index < -0.39 is 68.1 Å². The summed E-state index contributed by atoms with van der Waals surface area (Å²) in [6.07, 6.45) is 4.58. The number of methoxy groups -OCH3 is 1. The lowest BCUT2D eigenvalue weighted by atomic mass is 9.86. The summed E-state index contributed by atoms with van der Waals surface area (Å²) in [5.74, 6) is -1.27. The van der Waals surface area contributed by atoms with Gasteiger partial charge in [0.15, 0.2) is 0 Å². The number of rotatable bonds is 10. The third kappa shape index (κ3) is 5.99. The predicted molar refractivity (Wildman–Crippen MR) is 164 cm³/mol. The minimum Gasteiger partial charge on any atom is -0.497 e. The molecule has 0 radical (unpaired) electrons. The highest BCUT2D eigenvalue weighted by Crippen LogP contribution is 2.45. The molecule has 3 amide bonds. The van der Waals surface area contributed by atoms with E-state index in [9.17, 15) is 22.8 Å². The van der Waals surface area contributed by atoms with Gasteiger partial charge in [0.2, 0.25) is 27.7 Å². The maximum atomic E-state index is 13.9. The normalized spacial score (nSPS) is 25.9. The first-order valence-electron chi connectivity index (χ1n) is 14.9. The largest absolute Gasteiger partial charge is 0.497 e. The number of nitrogens with zero attached hydrogens (tertiary/aromatic N) is 2. The topological polar surface area (TPSA) is 170 Å². The molecule has 1 aromatic carbocycles. The summed E-state index contributed by atoms with van der Waals surface area (Å²) in [5, 5.41) is 3.75. The number of hydrogen-bond donors (Lipinski definition) is 3. The number of fused-ring (bicyclic) bond motifs is 1. The van der Waals surface area contributed by atoms with Crippen LogP contribution in [0.2, 0.25) is 0 Å². The van der Waals surface area contributed by atoms with E-state index in [0.29, 0.717) is 24.5 Å². The Morgan fingerprint density at radius 3 is 2.55 bits per heavy atom. The Labute approximate surface area is 257 Å². The third-order valence-corrected chi connectivity index (χ3v) is 10.9. The van der Waals surface area contributed by atoms with Gasteiger partial charge in [0.05, 0.1) is 24.9 Å². The molecule has 4 N–H and O–H groups in total. The summed E-state index contributed by atoms with van der Waals surface area (Å²) in [7, 11) is -2.29. The van der Waals surface area contributed by atoms with E-state index in [2.05, 4.69) is 21.6 Å². The summed E-state index contributed by atoms with van der Waals surface area (Å²) < 4.78 is 39.3. The molecule has 5 rings (SSSR count). The van der Waals surface area contributed by atoms with Crippen molar-refractivity contribution in [2.45, 2.75) is 81.9 Å².